The number of aryl methyl sites for hydroxylation is 1. The number of nitrogens with one attached hydrogen (secondary N) is 2. The first-order valence-electron chi connectivity index (χ1n) is 7.35. The lowest BCUT2D eigenvalue weighted by Gasteiger charge is -2.28. The molecule has 4 rings (SSSR count). The van der Waals surface area contributed by atoms with Gasteiger partial charge in [0.25, 0.3) is 5.91 Å². The molecule has 0 unspecified atom stereocenters. The third-order valence-corrected chi connectivity index (χ3v) is 4.31. The molecule has 2 N–H and O–H groups in total. The van der Waals surface area contributed by atoms with Crippen LogP contribution in [0.25, 0.3) is 10.9 Å². The molecule has 0 saturated carbocycles. The molecule has 5 heteroatoms. The van der Waals surface area contributed by atoms with Crippen LogP contribution in [0.5, 0.6) is 0 Å². The van der Waals surface area contributed by atoms with Crippen LogP contribution in [0.4, 0.5) is 5.69 Å². The summed E-state index contributed by atoms with van der Waals surface area (Å²) in [7, 11) is 0. The quantitative estimate of drug-likeness (QED) is 0.664. The number of fused-ring (bicyclic) bond motifs is 2. The van der Waals surface area contributed by atoms with E-state index in [1.807, 2.05) is 49.4 Å². The molecule has 0 saturated heterocycles. The summed E-state index contributed by atoms with van der Waals surface area (Å²) >= 11 is 6.36. The van der Waals surface area contributed by atoms with Crippen LogP contribution < -0.4 is 10.6 Å². The number of amides is 1. The van der Waals surface area contributed by atoms with Crippen LogP contribution in [0.3, 0.4) is 0 Å². The van der Waals surface area contributed by atoms with E-state index in [0.717, 1.165) is 27.7 Å². The lowest BCUT2D eigenvalue weighted by molar-refractivity contribution is 0.0935. The third-order valence-electron chi connectivity index (χ3n) is 4.01. The van der Waals surface area contributed by atoms with Crippen LogP contribution >= 0.6 is 11.6 Å². The fourth-order valence-electron chi connectivity index (χ4n) is 2.84. The molecule has 0 bridgehead atoms. The van der Waals surface area contributed by atoms with Gasteiger partial charge in [0.05, 0.1) is 11.1 Å². The van der Waals surface area contributed by atoms with Crippen molar-refractivity contribution in [1.29, 1.82) is 0 Å². The average molecular weight is 324 g/mol. The Labute approximate surface area is 138 Å². The number of hydrogen-bond donors (Lipinski definition) is 2. The first-order valence-corrected chi connectivity index (χ1v) is 7.73. The van der Waals surface area contributed by atoms with Crippen molar-refractivity contribution in [2.45, 2.75) is 13.1 Å². The fraction of sp³-hybridized carbons (Fsp3) is 0.111. The standard InChI is InChI=1S/C18H14ClN3O/c1-10-6-7-11-9-13(16(19)20-15(11)8-10)17-21-14-5-3-2-4-12(14)18(23)22-17/h2-9,17,21H,1H3,(H,22,23)/t17-/m0/s1. The Morgan fingerprint density at radius 3 is 2.78 bits per heavy atom. The maximum absolute atomic E-state index is 12.3. The number of benzene rings is 2. The van der Waals surface area contributed by atoms with E-state index in [2.05, 4.69) is 15.6 Å². The molecule has 1 aliphatic heterocycles. The normalized spacial score (nSPS) is 16.6. The number of pyridine rings is 1. The Bertz CT molecular complexity index is 939. The fourth-order valence-corrected chi connectivity index (χ4v) is 3.09. The van der Waals surface area contributed by atoms with Gasteiger partial charge in [0.1, 0.15) is 11.3 Å². The van der Waals surface area contributed by atoms with Gasteiger partial charge in [-0.3, -0.25) is 4.79 Å². The lowest BCUT2D eigenvalue weighted by atomic mass is 10.0. The number of hydrogen-bond acceptors (Lipinski definition) is 3. The Morgan fingerprint density at radius 1 is 1.09 bits per heavy atom. The highest BCUT2D eigenvalue weighted by Gasteiger charge is 2.26. The topological polar surface area (TPSA) is 54.0 Å². The average Bonchev–Trinajstić information content (AvgIpc) is 2.54. The molecule has 1 amide bonds. The summed E-state index contributed by atoms with van der Waals surface area (Å²) in [6.45, 7) is 2.02. The molecule has 4 nitrogen and oxygen atoms in total. The van der Waals surface area contributed by atoms with E-state index in [1.165, 1.54) is 0 Å². The van der Waals surface area contributed by atoms with Crippen molar-refractivity contribution < 1.29 is 4.79 Å². The summed E-state index contributed by atoms with van der Waals surface area (Å²) < 4.78 is 0. The summed E-state index contributed by atoms with van der Waals surface area (Å²) in [6.07, 6.45) is -0.400. The van der Waals surface area contributed by atoms with Gasteiger partial charge in [-0.2, -0.15) is 0 Å². The second kappa shape index (κ2) is 5.25. The Kier molecular flexibility index (Phi) is 3.20. The molecule has 2 aromatic carbocycles. The maximum atomic E-state index is 12.3. The van der Waals surface area contributed by atoms with E-state index in [-0.39, 0.29) is 5.91 Å². The molecule has 0 radical (unpaired) electrons. The van der Waals surface area contributed by atoms with Gasteiger partial charge in [-0.25, -0.2) is 4.98 Å². The molecule has 1 atom stereocenters. The highest BCUT2D eigenvalue weighted by molar-refractivity contribution is 6.30. The molecule has 114 valence electrons. The molecule has 0 spiro atoms. The molecular weight excluding hydrogens is 310 g/mol. The van der Waals surface area contributed by atoms with Crippen LogP contribution in [0.2, 0.25) is 5.15 Å². The minimum atomic E-state index is -0.400. The number of carbonyl (C=O) groups excluding carboxylic acids is 1. The van der Waals surface area contributed by atoms with E-state index in [4.69, 9.17) is 11.6 Å². The number of para-hydroxylation sites is 1. The molecule has 1 aliphatic rings. The number of carbonyl (C=O) groups is 1. The predicted molar refractivity (Wildman–Crippen MR) is 91.8 cm³/mol. The summed E-state index contributed by atoms with van der Waals surface area (Å²) in [5.74, 6) is -0.121. The predicted octanol–water partition coefficient (Wildman–Crippen LogP) is 4.05. The van der Waals surface area contributed by atoms with E-state index >= 15 is 0 Å². The SMILES string of the molecule is Cc1ccc2cc([C@@H]3NC(=O)c4ccccc4N3)c(Cl)nc2c1. The van der Waals surface area contributed by atoms with Crippen molar-refractivity contribution in [2.75, 3.05) is 5.32 Å². The number of halogens is 1. The van der Waals surface area contributed by atoms with Gasteiger partial charge in [-0.05, 0) is 36.8 Å². The Hall–Kier alpha value is -2.59. The zero-order chi connectivity index (χ0) is 16.0. The zero-order valence-corrected chi connectivity index (χ0v) is 13.2. The van der Waals surface area contributed by atoms with Crippen molar-refractivity contribution in [3.8, 4) is 0 Å². The number of anilines is 1. The minimum absolute atomic E-state index is 0.121. The minimum Gasteiger partial charge on any atom is -0.361 e. The van der Waals surface area contributed by atoms with Crippen LogP contribution in [0.1, 0.15) is 27.7 Å². The van der Waals surface area contributed by atoms with Crippen molar-refractivity contribution in [2.24, 2.45) is 0 Å². The molecule has 23 heavy (non-hydrogen) atoms. The lowest BCUT2D eigenvalue weighted by Crippen LogP contribution is -2.38. The van der Waals surface area contributed by atoms with Crippen LogP contribution in [-0.2, 0) is 0 Å². The third kappa shape index (κ3) is 2.41. The Balaban J connectivity index is 1.79. The van der Waals surface area contributed by atoms with Gasteiger partial charge < -0.3 is 10.6 Å². The molecule has 1 aromatic heterocycles. The molecular formula is C18H14ClN3O. The van der Waals surface area contributed by atoms with Crippen LogP contribution in [-0.4, -0.2) is 10.9 Å². The highest BCUT2D eigenvalue weighted by atomic mass is 35.5. The van der Waals surface area contributed by atoms with Gasteiger partial charge in [0.15, 0.2) is 0 Å². The van der Waals surface area contributed by atoms with Crippen LogP contribution in [0.15, 0.2) is 48.5 Å². The summed E-state index contributed by atoms with van der Waals surface area (Å²) in [5, 5.41) is 7.62. The van der Waals surface area contributed by atoms with E-state index < -0.39 is 6.17 Å². The van der Waals surface area contributed by atoms with Gasteiger partial charge in [-0.1, -0.05) is 35.9 Å². The first kappa shape index (κ1) is 14.0. The van der Waals surface area contributed by atoms with Crippen molar-refractivity contribution >= 4 is 34.1 Å². The molecule has 0 aliphatic carbocycles. The van der Waals surface area contributed by atoms with E-state index in [1.54, 1.807) is 6.07 Å². The maximum Gasteiger partial charge on any atom is 0.255 e. The second-order valence-electron chi connectivity index (χ2n) is 5.66. The molecule has 2 heterocycles. The smallest absolute Gasteiger partial charge is 0.255 e. The van der Waals surface area contributed by atoms with Gasteiger partial charge in [0.2, 0.25) is 0 Å². The monoisotopic (exact) mass is 323 g/mol. The second-order valence-corrected chi connectivity index (χ2v) is 6.02. The number of aromatic nitrogens is 1. The summed E-state index contributed by atoms with van der Waals surface area (Å²) in [5.41, 5.74) is 4.16. The van der Waals surface area contributed by atoms with Crippen molar-refractivity contribution in [3.63, 3.8) is 0 Å². The number of nitrogens with zero attached hydrogens (tertiary/aromatic N) is 1. The summed E-state index contributed by atoms with van der Waals surface area (Å²) in [6, 6.07) is 15.4. The van der Waals surface area contributed by atoms with E-state index in [0.29, 0.717) is 10.7 Å². The number of rotatable bonds is 1. The Morgan fingerprint density at radius 2 is 1.91 bits per heavy atom. The van der Waals surface area contributed by atoms with Crippen LogP contribution in [0, 0.1) is 6.92 Å². The van der Waals surface area contributed by atoms with Crippen molar-refractivity contribution in [1.82, 2.24) is 10.3 Å². The van der Waals surface area contributed by atoms with Gasteiger partial charge in [0, 0.05) is 16.6 Å². The largest absolute Gasteiger partial charge is 0.361 e. The van der Waals surface area contributed by atoms with Crippen molar-refractivity contribution in [3.05, 3.63) is 70.4 Å². The highest BCUT2D eigenvalue weighted by Crippen LogP contribution is 2.31. The summed E-state index contributed by atoms with van der Waals surface area (Å²) in [4.78, 5) is 16.7. The molecule has 3 aromatic rings. The molecule has 0 fully saturated rings. The van der Waals surface area contributed by atoms with Gasteiger partial charge in [-0.15, -0.1) is 0 Å². The van der Waals surface area contributed by atoms with E-state index in [9.17, 15) is 4.79 Å². The van der Waals surface area contributed by atoms with Gasteiger partial charge >= 0.3 is 0 Å². The first-order chi connectivity index (χ1) is 11.1. The zero-order valence-electron chi connectivity index (χ0n) is 12.4.